The van der Waals surface area contributed by atoms with Crippen LogP contribution in [0.25, 0.3) is 0 Å². The highest BCUT2D eigenvalue weighted by atomic mass is 79.9. The van der Waals surface area contributed by atoms with Gasteiger partial charge in [0, 0.05) is 0 Å². The maximum atomic E-state index is 12.5. The molecule has 0 N–H and O–H groups in total. The van der Waals surface area contributed by atoms with Crippen LogP contribution in [-0.2, 0) is 4.79 Å². The largest absolute Gasteiger partial charge is 0.446 e. The van der Waals surface area contributed by atoms with Gasteiger partial charge in [-0.2, -0.15) is 10.1 Å². The zero-order valence-corrected chi connectivity index (χ0v) is 12.7. The van der Waals surface area contributed by atoms with Crippen molar-refractivity contribution >= 4 is 39.0 Å². The van der Waals surface area contributed by atoms with Crippen LogP contribution >= 0.6 is 15.9 Å². The Kier molecular flexibility index (Phi) is 3.47. The fraction of sp³-hybridized carbons (Fsp3) is 0.133. The van der Waals surface area contributed by atoms with E-state index < -0.39 is 5.92 Å². The van der Waals surface area contributed by atoms with Crippen molar-refractivity contribution < 1.29 is 14.0 Å². The molecule has 3 rings (SSSR count). The molecule has 21 heavy (non-hydrogen) atoms. The van der Waals surface area contributed by atoms with E-state index in [1.54, 1.807) is 25.1 Å². The van der Waals surface area contributed by atoms with Crippen molar-refractivity contribution in [2.24, 2.45) is 11.0 Å². The molecule has 2 heterocycles. The van der Waals surface area contributed by atoms with Crippen LogP contribution in [0.2, 0.25) is 0 Å². The SMILES string of the molecule is CC1=NN(c2ccccc2)C(=O)[C@H]1C(=O)c1ccc(Br)o1. The van der Waals surface area contributed by atoms with Gasteiger partial charge in [-0.1, -0.05) is 18.2 Å². The summed E-state index contributed by atoms with van der Waals surface area (Å²) in [4.78, 5) is 24.9. The Morgan fingerprint density at radius 2 is 1.95 bits per heavy atom. The number of ketones is 1. The van der Waals surface area contributed by atoms with Crippen LogP contribution in [0.15, 0.2) is 56.7 Å². The number of nitrogens with zero attached hydrogens (tertiary/aromatic N) is 2. The molecule has 0 unspecified atom stereocenters. The molecule has 0 saturated heterocycles. The van der Waals surface area contributed by atoms with Gasteiger partial charge in [-0.15, -0.1) is 0 Å². The number of carbonyl (C=O) groups excluding carboxylic acids is 2. The molecule has 0 bridgehead atoms. The van der Waals surface area contributed by atoms with Gasteiger partial charge in [0.1, 0.15) is 5.92 Å². The zero-order chi connectivity index (χ0) is 15.0. The first-order valence-corrected chi connectivity index (χ1v) is 7.11. The van der Waals surface area contributed by atoms with Crippen molar-refractivity contribution in [1.29, 1.82) is 0 Å². The predicted molar refractivity (Wildman–Crippen MR) is 81.3 cm³/mol. The summed E-state index contributed by atoms with van der Waals surface area (Å²) in [5.74, 6) is -1.53. The molecule has 1 aromatic carbocycles. The minimum Gasteiger partial charge on any atom is -0.446 e. The van der Waals surface area contributed by atoms with E-state index >= 15 is 0 Å². The number of para-hydroxylation sites is 1. The zero-order valence-electron chi connectivity index (χ0n) is 11.1. The molecule has 1 atom stereocenters. The Labute approximate surface area is 129 Å². The summed E-state index contributed by atoms with van der Waals surface area (Å²) in [5, 5.41) is 5.46. The van der Waals surface area contributed by atoms with E-state index in [9.17, 15) is 9.59 Å². The van der Waals surface area contributed by atoms with Gasteiger partial charge in [0.2, 0.25) is 5.78 Å². The van der Waals surface area contributed by atoms with E-state index in [1.807, 2.05) is 18.2 Å². The van der Waals surface area contributed by atoms with E-state index in [4.69, 9.17) is 4.42 Å². The molecule has 2 aromatic rings. The normalized spacial score (nSPS) is 18.0. The number of Topliss-reactive ketones (excluding diaryl/α,β-unsaturated/α-hetero) is 1. The molecule has 1 aliphatic rings. The Morgan fingerprint density at radius 1 is 1.24 bits per heavy atom. The van der Waals surface area contributed by atoms with Crippen molar-refractivity contribution in [1.82, 2.24) is 0 Å². The summed E-state index contributed by atoms with van der Waals surface area (Å²) in [6, 6.07) is 12.2. The Balaban J connectivity index is 1.91. The third-order valence-electron chi connectivity index (χ3n) is 3.21. The maximum absolute atomic E-state index is 12.5. The van der Waals surface area contributed by atoms with E-state index in [-0.39, 0.29) is 17.5 Å². The van der Waals surface area contributed by atoms with Crippen molar-refractivity contribution in [3.8, 4) is 0 Å². The minimum atomic E-state index is -0.928. The quantitative estimate of drug-likeness (QED) is 0.632. The number of rotatable bonds is 3. The minimum absolute atomic E-state index is 0.143. The lowest BCUT2D eigenvalue weighted by atomic mass is 9.97. The lowest BCUT2D eigenvalue weighted by Gasteiger charge is -2.13. The van der Waals surface area contributed by atoms with Crippen LogP contribution in [0.5, 0.6) is 0 Å². The molecular weight excluding hydrogens is 336 g/mol. The average molecular weight is 347 g/mol. The molecule has 6 heteroatoms. The topological polar surface area (TPSA) is 62.9 Å². The Morgan fingerprint density at radius 3 is 2.57 bits per heavy atom. The van der Waals surface area contributed by atoms with Crippen molar-refractivity contribution in [2.45, 2.75) is 6.92 Å². The number of anilines is 1. The molecule has 5 nitrogen and oxygen atoms in total. The van der Waals surface area contributed by atoms with Crippen LogP contribution in [0.3, 0.4) is 0 Å². The summed E-state index contributed by atoms with van der Waals surface area (Å²) in [6.45, 7) is 1.67. The summed E-state index contributed by atoms with van der Waals surface area (Å²) >= 11 is 3.14. The van der Waals surface area contributed by atoms with Crippen LogP contribution in [0.1, 0.15) is 17.5 Å². The molecule has 0 radical (unpaired) electrons. The van der Waals surface area contributed by atoms with Crippen molar-refractivity contribution in [3.05, 3.63) is 52.9 Å². The first kappa shape index (κ1) is 13.8. The second kappa shape index (κ2) is 5.29. The predicted octanol–water partition coefficient (Wildman–Crippen LogP) is 3.26. The summed E-state index contributed by atoms with van der Waals surface area (Å²) in [5.41, 5.74) is 1.10. The van der Waals surface area contributed by atoms with Gasteiger partial charge < -0.3 is 4.42 Å². The van der Waals surface area contributed by atoms with Gasteiger partial charge in [0.25, 0.3) is 5.91 Å². The second-order valence-corrected chi connectivity index (χ2v) is 5.41. The molecule has 0 fully saturated rings. The average Bonchev–Trinajstić information content (AvgIpc) is 3.03. The Hall–Kier alpha value is -2.21. The fourth-order valence-corrected chi connectivity index (χ4v) is 2.52. The number of amides is 1. The van der Waals surface area contributed by atoms with Crippen molar-refractivity contribution in [3.63, 3.8) is 0 Å². The third-order valence-corrected chi connectivity index (χ3v) is 3.64. The number of benzene rings is 1. The molecule has 0 spiro atoms. The molecule has 1 aromatic heterocycles. The van der Waals surface area contributed by atoms with Gasteiger partial charge in [-0.05, 0) is 47.1 Å². The molecule has 106 valence electrons. The number of furan rings is 1. The molecular formula is C15H11BrN2O3. The van der Waals surface area contributed by atoms with E-state index in [2.05, 4.69) is 21.0 Å². The highest BCUT2D eigenvalue weighted by Gasteiger charge is 2.41. The molecule has 0 aliphatic carbocycles. The monoisotopic (exact) mass is 346 g/mol. The Bertz CT molecular complexity index is 736. The highest BCUT2D eigenvalue weighted by molar-refractivity contribution is 9.10. The summed E-state index contributed by atoms with van der Waals surface area (Å²) in [6.07, 6.45) is 0. The van der Waals surface area contributed by atoms with Crippen LogP contribution in [0, 0.1) is 5.92 Å². The van der Waals surface area contributed by atoms with Crippen LogP contribution in [0.4, 0.5) is 5.69 Å². The smallest absolute Gasteiger partial charge is 0.264 e. The van der Waals surface area contributed by atoms with E-state index in [0.29, 0.717) is 16.1 Å². The first-order chi connectivity index (χ1) is 10.1. The van der Waals surface area contributed by atoms with Gasteiger partial charge >= 0.3 is 0 Å². The van der Waals surface area contributed by atoms with Gasteiger partial charge in [0.15, 0.2) is 10.4 Å². The van der Waals surface area contributed by atoms with Crippen LogP contribution < -0.4 is 5.01 Å². The van der Waals surface area contributed by atoms with Crippen molar-refractivity contribution in [2.75, 3.05) is 5.01 Å². The number of hydrogen-bond acceptors (Lipinski definition) is 4. The maximum Gasteiger partial charge on any atom is 0.264 e. The number of carbonyl (C=O) groups is 2. The molecule has 0 saturated carbocycles. The van der Waals surface area contributed by atoms with Gasteiger partial charge in [0.05, 0.1) is 11.4 Å². The van der Waals surface area contributed by atoms with Gasteiger partial charge in [-0.3, -0.25) is 9.59 Å². The number of hydrogen-bond donors (Lipinski definition) is 0. The standard InChI is InChI=1S/C15H11BrN2O3/c1-9-13(14(19)11-7-8-12(16)21-11)15(20)18(17-9)10-5-3-2-4-6-10/h2-8,13H,1H3/t13-/m1/s1. The highest BCUT2D eigenvalue weighted by Crippen LogP contribution is 2.27. The van der Waals surface area contributed by atoms with E-state index in [1.165, 1.54) is 11.1 Å². The molecule has 1 aliphatic heterocycles. The number of hydrazone groups is 1. The summed E-state index contributed by atoms with van der Waals surface area (Å²) < 4.78 is 5.69. The first-order valence-electron chi connectivity index (χ1n) is 6.31. The lowest BCUT2D eigenvalue weighted by Crippen LogP contribution is -2.32. The third kappa shape index (κ3) is 2.42. The lowest BCUT2D eigenvalue weighted by molar-refractivity contribution is -0.118. The summed E-state index contributed by atoms with van der Waals surface area (Å²) in [7, 11) is 0. The molecule has 1 amide bonds. The number of halogens is 1. The van der Waals surface area contributed by atoms with Gasteiger partial charge in [-0.25, -0.2) is 0 Å². The van der Waals surface area contributed by atoms with Crippen LogP contribution in [-0.4, -0.2) is 17.4 Å². The second-order valence-electron chi connectivity index (χ2n) is 4.63. The van der Waals surface area contributed by atoms with E-state index in [0.717, 1.165) is 0 Å². The fourth-order valence-electron chi connectivity index (χ4n) is 2.21.